The van der Waals surface area contributed by atoms with Crippen molar-refractivity contribution in [2.75, 3.05) is 13.6 Å². The number of nitrogens with one attached hydrogen (secondary N) is 2. The van der Waals surface area contributed by atoms with Gasteiger partial charge in [-0.2, -0.15) is 0 Å². The molecule has 0 bridgehead atoms. The van der Waals surface area contributed by atoms with Crippen molar-refractivity contribution in [1.29, 1.82) is 0 Å². The fourth-order valence-corrected chi connectivity index (χ4v) is 1.42. The fraction of sp³-hybridized carbons (Fsp3) is 0.300. The van der Waals surface area contributed by atoms with Crippen LogP contribution in [-0.2, 0) is 4.79 Å². The van der Waals surface area contributed by atoms with Gasteiger partial charge < -0.3 is 10.6 Å². The Morgan fingerprint density at radius 1 is 1.60 bits per heavy atom. The van der Waals surface area contributed by atoms with Crippen molar-refractivity contribution in [1.82, 2.24) is 15.6 Å². The minimum Gasteiger partial charge on any atom is -0.366 e. The van der Waals surface area contributed by atoms with Gasteiger partial charge in [0.2, 0.25) is 5.91 Å². The van der Waals surface area contributed by atoms with Crippen molar-refractivity contribution >= 4 is 11.7 Å². The molecule has 1 amide bonds. The third-order valence-corrected chi connectivity index (χ3v) is 2.20. The molecule has 1 aromatic rings. The van der Waals surface area contributed by atoms with Gasteiger partial charge in [0.1, 0.15) is 17.6 Å². The molecule has 2 heterocycles. The second-order valence-electron chi connectivity index (χ2n) is 3.20. The highest BCUT2D eigenvalue weighted by Gasteiger charge is 2.23. The first-order valence-electron chi connectivity index (χ1n) is 4.76. The maximum atomic E-state index is 11.3. The molecule has 15 heavy (non-hydrogen) atoms. The Balaban J connectivity index is 2.17. The third-order valence-electron chi connectivity index (χ3n) is 2.20. The maximum absolute atomic E-state index is 11.3. The van der Waals surface area contributed by atoms with Gasteiger partial charge in [-0.3, -0.25) is 14.8 Å². The lowest BCUT2D eigenvalue weighted by atomic mass is 10.3. The molecule has 1 aliphatic heterocycles. The Morgan fingerprint density at radius 3 is 3.13 bits per heavy atom. The van der Waals surface area contributed by atoms with Crippen molar-refractivity contribution < 1.29 is 4.79 Å². The first-order valence-corrected chi connectivity index (χ1v) is 4.76. The van der Waals surface area contributed by atoms with Gasteiger partial charge in [-0.05, 0) is 12.1 Å². The van der Waals surface area contributed by atoms with Gasteiger partial charge in [0.15, 0.2) is 0 Å². The molecule has 1 aliphatic rings. The summed E-state index contributed by atoms with van der Waals surface area (Å²) in [6.45, 7) is 0.533. The highest BCUT2D eigenvalue weighted by Crippen LogP contribution is 2.04. The number of amides is 1. The van der Waals surface area contributed by atoms with Crippen LogP contribution >= 0.6 is 0 Å². The molecule has 0 saturated carbocycles. The molecule has 0 radical (unpaired) electrons. The molecule has 0 spiro atoms. The average molecular weight is 204 g/mol. The maximum Gasteiger partial charge on any atom is 0.246 e. The monoisotopic (exact) mass is 204 g/mol. The molecule has 1 atom stereocenters. The van der Waals surface area contributed by atoms with Gasteiger partial charge in [-0.1, -0.05) is 6.07 Å². The molecular weight excluding hydrogens is 192 g/mol. The van der Waals surface area contributed by atoms with Gasteiger partial charge in [0, 0.05) is 19.8 Å². The molecular formula is C10H12N4O. The van der Waals surface area contributed by atoms with E-state index < -0.39 is 0 Å². The molecule has 0 aromatic carbocycles. The lowest BCUT2D eigenvalue weighted by molar-refractivity contribution is -0.121. The van der Waals surface area contributed by atoms with E-state index in [1.807, 2.05) is 18.2 Å². The van der Waals surface area contributed by atoms with E-state index in [9.17, 15) is 4.79 Å². The zero-order valence-electron chi connectivity index (χ0n) is 8.40. The summed E-state index contributed by atoms with van der Waals surface area (Å²) in [6, 6.07) is 5.25. The van der Waals surface area contributed by atoms with Gasteiger partial charge in [-0.25, -0.2) is 0 Å². The number of aliphatic imine (C=N–C) groups is 1. The summed E-state index contributed by atoms with van der Waals surface area (Å²) in [7, 11) is 1.61. The smallest absolute Gasteiger partial charge is 0.246 e. The molecule has 1 unspecified atom stereocenters. The lowest BCUT2D eigenvalue weighted by Gasteiger charge is -2.01. The quantitative estimate of drug-likeness (QED) is 0.685. The second-order valence-corrected chi connectivity index (χ2v) is 3.20. The van der Waals surface area contributed by atoms with E-state index >= 15 is 0 Å². The lowest BCUT2D eigenvalue weighted by Crippen LogP contribution is -2.33. The van der Waals surface area contributed by atoms with Gasteiger partial charge in [0.25, 0.3) is 0 Å². The van der Waals surface area contributed by atoms with Crippen molar-refractivity contribution in [3.05, 3.63) is 30.1 Å². The zero-order valence-corrected chi connectivity index (χ0v) is 8.40. The van der Waals surface area contributed by atoms with Crippen LogP contribution in [0.15, 0.2) is 29.4 Å². The first-order chi connectivity index (χ1) is 7.31. The number of likely N-dealkylation sites (N-methyl/N-ethyl adjacent to an activating group) is 1. The van der Waals surface area contributed by atoms with E-state index in [-0.39, 0.29) is 11.9 Å². The number of nitrogens with zero attached hydrogens (tertiary/aromatic N) is 2. The summed E-state index contributed by atoms with van der Waals surface area (Å²) in [5.74, 6) is 0.609. The summed E-state index contributed by atoms with van der Waals surface area (Å²) < 4.78 is 0. The summed E-state index contributed by atoms with van der Waals surface area (Å²) in [6.07, 6.45) is 1.70. The predicted molar refractivity (Wildman–Crippen MR) is 56.6 cm³/mol. The average Bonchev–Trinajstić information content (AvgIpc) is 2.78. The molecule has 0 aliphatic carbocycles. The number of rotatable bonds is 2. The summed E-state index contributed by atoms with van der Waals surface area (Å²) >= 11 is 0. The Morgan fingerprint density at radius 2 is 2.47 bits per heavy atom. The Hall–Kier alpha value is -1.91. The van der Waals surface area contributed by atoms with Crippen LogP contribution in [0.4, 0.5) is 0 Å². The number of aromatic nitrogens is 1. The largest absolute Gasteiger partial charge is 0.366 e. The molecule has 5 nitrogen and oxygen atoms in total. The van der Waals surface area contributed by atoms with Crippen molar-refractivity contribution in [3.63, 3.8) is 0 Å². The minimum absolute atomic E-state index is 0.0755. The number of hydrogen-bond acceptors (Lipinski definition) is 4. The van der Waals surface area contributed by atoms with E-state index in [2.05, 4.69) is 20.6 Å². The van der Waals surface area contributed by atoms with E-state index in [1.165, 1.54) is 0 Å². The van der Waals surface area contributed by atoms with Crippen molar-refractivity contribution in [2.45, 2.75) is 6.04 Å². The van der Waals surface area contributed by atoms with E-state index in [4.69, 9.17) is 0 Å². The number of carbonyl (C=O) groups is 1. The van der Waals surface area contributed by atoms with E-state index in [0.717, 1.165) is 5.69 Å². The van der Waals surface area contributed by atoms with Crippen molar-refractivity contribution in [3.8, 4) is 0 Å². The normalized spacial score (nSPS) is 19.3. The van der Waals surface area contributed by atoms with Gasteiger partial charge >= 0.3 is 0 Å². The Kier molecular flexibility index (Phi) is 2.62. The van der Waals surface area contributed by atoms with Gasteiger partial charge in [-0.15, -0.1) is 0 Å². The number of amidine groups is 1. The molecule has 1 aromatic heterocycles. The molecule has 2 rings (SSSR count). The fourth-order valence-electron chi connectivity index (χ4n) is 1.42. The highest BCUT2D eigenvalue weighted by atomic mass is 16.2. The van der Waals surface area contributed by atoms with Crippen LogP contribution in [0.1, 0.15) is 5.69 Å². The second kappa shape index (κ2) is 4.08. The number of pyridine rings is 1. The predicted octanol–water partition coefficient (Wildman–Crippen LogP) is -0.454. The van der Waals surface area contributed by atoms with Crippen LogP contribution in [0, 0.1) is 0 Å². The topological polar surface area (TPSA) is 66.4 Å². The molecule has 0 saturated heterocycles. The zero-order chi connectivity index (χ0) is 10.7. The molecule has 5 heteroatoms. The van der Waals surface area contributed by atoms with Crippen LogP contribution in [0.25, 0.3) is 0 Å². The first kappa shape index (κ1) is 9.64. The van der Waals surface area contributed by atoms with Crippen LogP contribution in [0.5, 0.6) is 0 Å². The summed E-state index contributed by atoms with van der Waals surface area (Å²) in [5, 5.41) is 5.64. The molecule has 0 fully saturated rings. The SMILES string of the molecule is CNC(=O)C1CNC(c2ccccn2)=N1. The standard InChI is InChI=1S/C10H12N4O/c1-11-10(15)8-6-13-9(14-8)7-4-2-3-5-12-7/h2-5,8H,6H2,1H3,(H,11,15)(H,13,14). The third kappa shape index (κ3) is 1.96. The van der Waals surface area contributed by atoms with Crippen LogP contribution < -0.4 is 10.6 Å². The number of hydrogen-bond donors (Lipinski definition) is 2. The number of carbonyl (C=O) groups excluding carboxylic acids is 1. The van der Waals surface area contributed by atoms with Crippen molar-refractivity contribution in [2.24, 2.45) is 4.99 Å². The van der Waals surface area contributed by atoms with E-state index in [0.29, 0.717) is 12.4 Å². The minimum atomic E-state index is -0.341. The van der Waals surface area contributed by atoms with Crippen LogP contribution in [0.3, 0.4) is 0 Å². The Labute approximate surface area is 87.6 Å². The van der Waals surface area contributed by atoms with Gasteiger partial charge in [0.05, 0.1) is 0 Å². The van der Waals surface area contributed by atoms with Crippen LogP contribution in [0.2, 0.25) is 0 Å². The summed E-state index contributed by atoms with van der Waals surface area (Å²) in [4.78, 5) is 19.7. The molecule has 2 N–H and O–H groups in total. The van der Waals surface area contributed by atoms with E-state index in [1.54, 1.807) is 13.2 Å². The molecule has 78 valence electrons. The summed E-state index contributed by atoms with van der Waals surface area (Å²) in [5.41, 5.74) is 0.768. The van der Waals surface area contributed by atoms with Crippen LogP contribution in [-0.4, -0.2) is 36.4 Å². The Bertz CT molecular complexity index is 388. The highest BCUT2D eigenvalue weighted by molar-refractivity contribution is 6.01.